The molecule has 0 aromatic carbocycles. The lowest BCUT2D eigenvalue weighted by molar-refractivity contribution is -0.140. The molecule has 0 radical (unpaired) electrons. The molecule has 1 saturated heterocycles. The highest BCUT2D eigenvalue weighted by Gasteiger charge is 2.38. The van der Waals surface area contributed by atoms with Gasteiger partial charge in [0.15, 0.2) is 5.78 Å². The third kappa shape index (κ3) is 9.18. The number of Topliss-reactive ketones (excluding diaryl/α,β-unsaturated/α-hetero) is 1. The summed E-state index contributed by atoms with van der Waals surface area (Å²) in [4.78, 5) is 37.2. The fourth-order valence-corrected chi connectivity index (χ4v) is 3.79. The van der Waals surface area contributed by atoms with Crippen LogP contribution in [0, 0.1) is 0 Å². The molecule has 28 heavy (non-hydrogen) atoms. The van der Waals surface area contributed by atoms with E-state index in [2.05, 4.69) is 11.7 Å². The number of amides is 1. The number of methoxy groups -OCH3 is 1. The summed E-state index contributed by atoms with van der Waals surface area (Å²) in [6.07, 6.45) is 10.3. The largest absolute Gasteiger partial charge is 0.469 e. The molecule has 162 valence electrons. The SMILES string of the molecule is CCCCCCC(C)(O)CCN1C(=O)CC(=O)C1CCCCCCC(=O)OC. The summed E-state index contributed by atoms with van der Waals surface area (Å²) in [6.45, 7) is 4.43. The smallest absolute Gasteiger partial charge is 0.305 e. The van der Waals surface area contributed by atoms with Crippen LogP contribution in [0.15, 0.2) is 0 Å². The minimum absolute atomic E-state index is 0.00199. The molecule has 2 atom stereocenters. The Balaban J connectivity index is 2.36. The molecule has 1 rings (SSSR count). The van der Waals surface area contributed by atoms with E-state index in [4.69, 9.17) is 0 Å². The molecule has 1 aliphatic heterocycles. The molecule has 0 aromatic heterocycles. The quantitative estimate of drug-likeness (QED) is 0.258. The molecule has 1 N–H and O–H groups in total. The Morgan fingerprint density at radius 1 is 1.11 bits per heavy atom. The monoisotopic (exact) mass is 397 g/mol. The zero-order chi connectivity index (χ0) is 21.0. The highest BCUT2D eigenvalue weighted by molar-refractivity contribution is 6.07. The van der Waals surface area contributed by atoms with Crippen LogP contribution in [0.4, 0.5) is 0 Å². The van der Waals surface area contributed by atoms with E-state index in [0.29, 0.717) is 25.8 Å². The Kier molecular flexibility index (Phi) is 11.4. The molecule has 1 aliphatic rings. The molecule has 0 saturated carbocycles. The summed E-state index contributed by atoms with van der Waals surface area (Å²) in [5, 5.41) is 10.6. The standard InChI is InChI=1S/C22H39NO5/c1-4-5-6-11-14-22(2,27)15-16-23-18(19(24)17-20(23)25)12-9-7-8-10-13-21(26)28-3/h18,27H,4-17H2,1-3H3. The number of aliphatic hydroxyl groups is 1. The maximum Gasteiger partial charge on any atom is 0.305 e. The second-order valence-electron chi connectivity index (χ2n) is 8.33. The van der Waals surface area contributed by atoms with Crippen molar-refractivity contribution in [2.75, 3.05) is 13.7 Å². The fourth-order valence-electron chi connectivity index (χ4n) is 3.79. The molecule has 1 amide bonds. The van der Waals surface area contributed by atoms with Crippen LogP contribution < -0.4 is 0 Å². The van der Waals surface area contributed by atoms with Gasteiger partial charge in [0.1, 0.15) is 0 Å². The van der Waals surface area contributed by atoms with Gasteiger partial charge in [-0.15, -0.1) is 0 Å². The lowest BCUT2D eigenvalue weighted by atomic mass is 9.94. The van der Waals surface area contributed by atoms with Gasteiger partial charge in [0.05, 0.1) is 25.2 Å². The van der Waals surface area contributed by atoms with Crippen molar-refractivity contribution >= 4 is 17.7 Å². The van der Waals surface area contributed by atoms with E-state index >= 15 is 0 Å². The Hall–Kier alpha value is -1.43. The highest BCUT2D eigenvalue weighted by atomic mass is 16.5. The zero-order valence-corrected chi connectivity index (χ0v) is 18.0. The molecular formula is C22H39NO5. The third-order valence-corrected chi connectivity index (χ3v) is 5.69. The van der Waals surface area contributed by atoms with E-state index in [1.165, 1.54) is 13.5 Å². The van der Waals surface area contributed by atoms with Crippen LogP contribution in [0.2, 0.25) is 0 Å². The van der Waals surface area contributed by atoms with Gasteiger partial charge in [-0.3, -0.25) is 14.4 Å². The summed E-state index contributed by atoms with van der Waals surface area (Å²) in [6, 6.07) is -0.344. The molecule has 0 bridgehead atoms. The first-order valence-corrected chi connectivity index (χ1v) is 10.9. The number of rotatable bonds is 15. The average molecular weight is 398 g/mol. The van der Waals surface area contributed by atoms with E-state index in [-0.39, 0.29) is 30.1 Å². The van der Waals surface area contributed by atoms with Gasteiger partial charge in [-0.1, -0.05) is 51.9 Å². The van der Waals surface area contributed by atoms with Gasteiger partial charge in [0.2, 0.25) is 5.91 Å². The van der Waals surface area contributed by atoms with Gasteiger partial charge in [-0.05, 0) is 32.6 Å². The van der Waals surface area contributed by atoms with E-state index < -0.39 is 5.60 Å². The van der Waals surface area contributed by atoms with Gasteiger partial charge < -0.3 is 14.7 Å². The van der Waals surface area contributed by atoms with E-state index in [1.807, 2.05) is 6.92 Å². The third-order valence-electron chi connectivity index (χ3n) is 5.69. The van der Waals surface area contributed by atoms with Crippen LogP contribution in [0.5, 0.6) is 0 Å². The van der Waals surface area contributed by atoms with Crippen molar-refractivity contribution in [1.29, 1.82) is 0 Å². The van der Waals surface area contributed by atoms with E-state index in [1.54, 1.807) is 4.90 Å². The minimum Gasteiger partial charge on any atom is -0.469 e. The average Bonchev–Trinajstić information content (AvgIpc) is 2.92. The predicted molar refractivity (Wildman–Crippen MR) is 109 cm³/mol. The molecule has 0 aliphatic carbocycles. The number of ketones is 1. The molecule has 6 nitrogen and oxygen atoms in total. The molecule has 1 fully saturated rings. The van der Waals surface area contributed by atoms with Crippen LogP contribution in [-0.4, -0.2) is 53.0 Å². The van der Waals surface area contributed by atoms with Crippen molar-refractivity contribution in [3.05, 3.63) is 0 Å². The van der Waals surface area contributed by atoms with Gasteiger partial charge in [-0.2, -0.15) is 0 Å². The zero-order valence-electron chi connectivity index (χ0n) is 18.0. The molecule has 2 unspecified atom stereocenters. The normalized spacial score (nSPS) is 19.1. The number of unbranched alkanes of at least 4 members (excludes halogenated alkanes) is 6. The number of carbonyl (C=O) groups is 3. The van der Waals surface area contributed by atoms with Crippen molar-refractivity contribution in [3.8, 4) is 0 Å². The summed E-state index contributed by atoms with van der Waals surface area (Å²) in [5.41, 5.74) is -0.794. The summed E-state index contributed by atoms with van der Waals surface area (Å²) in [5.74, 6) is -0.297. The maximum absolute atomic E-state index is 12.2. The van der Waals surface area contributed by atoms with Crippen LogP contribution in [0.3, 0.4) is 0 Å². The van der Waals surface area contributed by atoms with Gasteiger partial charge in [0, 0.05) is 13.0 Å². The van der Waals surface area contributed by atoms with Crippen LogP contribution in [-0.2, 0) is 19.1 Å². The highest BCUT2D eigenvalue weighted by Crippen LogP contribution is 2.25. The number of hydrogen-bond donors (Lipinski definition) is 1. The number of carbonyl (C=O) groups excluding carboxylic acids is 3. The van der Waals surface area contributed by atoms with Crippen molar-refractivity contribution in [3.63, 3.8) is 0 Å². The van der Waals surface area contributed by atoms with E-state index in [9.17, 15) is 19.5 Å². The second-order valence-corrected chi connectivity index (χ2v) is 8.33. The number of esters is 1. The Morgan fingerprint density at radius 2 is 1.79 bits per heavy atom. The molecule has 1 heterocycles. The minimum atomic E-state index is -0.794. The van der Waals surface area contributed by atoms with Gasteiger partial charge >= 0.3 is 5.97 Å². The molecule has 0 aromatic rings. The van der Waals surface area contributed by atoms with Crippen LogP contribution in [0.1, 0.15) is 97.3 Å². The Bertz CT molecular complexity index is 503. The number of likely N-dealkylation sites (tertiary alicyclic amines) is 1. The maximum atomic E-state index is 12.2. The Labute approximate surface area is 170 Å². The first-order valence-electron chi connectivity index (χ1n) is 10.9. The summed E-state index contributed by atoms with van der Waals surface area (Å²) < 4.78 is 4.62. The lowest BCUT2D eigenvalue weighted by Crippen LogP contribution is -2.39. The lowest BCUT2D eigenvalue weighted by Gasteiger charge is -2.29. The first kappa shape index (κ1) is 24.6. The molecular weight excluding hydrogens is 358 g/mol. The van der Waals surface area contributed by atoms with Gasteiger partial charge in [-0.25, -0.2) is 0 Å². The van der Waals surface area contributed by atoms with Crippen molar-refractivity contribution in [1.82, 2.24) is 4.90 Å². The second kappa shape index (κ2) is 12.9. The van der Waals surface area contributed by atoms with E-state index in [0.717, 1.165) is 51.4 Å². The van der Waals surface area contributed by atoms with Crippen molar-refractivity contribution in [2.45, 2.75) is 109 Å². The Morgan fingerprint density at radius 3 is 2.46 bits per heavy atom. The first-order chi connectivity index (χ1) is 13.3. The number of ether oxygens (including phenoxy) is 1. The fraction of sp³-hybridized carbons (Fsp3) is 0.864. The van der Waals surface area contributed by atoms with Crippen LogP contribution in [0.25, 0.3) is 0 Å². The summed E-state index contributed by atoms with van der Waals surface area (Å²) >= 11 is 0. The predicted octanol–water partition coefficient (Wildman–Crippen LogP) is 3.78. The van der Waals surface area contributed by atoms with Crippen molar-refractivity contribution in [2.24, 2.45) is 0 Å². The summed E-state index contributed by atoms with van der Waals surface area (Å²) in [7, 11) is 1.39. The topological polar surface area (TPSA) is 83.9 Å². The molecule has 6 heteroatoms. The number of hydrogen-bond acceptors (Lipinski definition) is 5. The van der Waals surface area contributed by atoms with Crippen molar-refractivity contribution < 1.29 is 24.2 Å². The van der Waals surface area contributed by atoms with Crippen LogP contribution >= 0.6 is 0 Å². The number of nitrogens with zero attached hydrogens (tertiary/aromatic N) is 1. The van der Waals surface area contributed by atoms with Gasteiger partial charge in [0.25, 0.3) is 0 Å². The molecule has 0 spiro atoms.